The van der Waals surface area contributed by atoms with Crippen molar-refractivity contribution in [1.82, 2.24) is 0 Å². The number of thioether (sulfide) groups is 2. The second kappa shape index (κ2) is 7.71. The third-order valence-corrected chi connectivity index (χ3v) is 8.38. The highest BCUT2D eigenvalue weighted by Gasteiger charge is 2.77. The molecule has 30 heavy (non-hydrogen) atoms. The molecular formula is C14H20F10O2S4. The third kappa shape index (κ3) is 8.41. The average Bonchev–Trinajstić information content (AvgIpc) is 2.51. The molecule has 0 fully saturated rings. The normalized spacial score (nSPS) is 17.7. The lowest BCUT2D eigenvalue weighted by atomic mass is 10.3. The fourth-order valence-electron chi connectivity index (χ4n) is 2.26. The maximum absolute atomic E-state index is 13.7. The maximum atomic E-state index is 13.7. The van der Waals surface area contributed by atoms with Gasteiger partial charge in [0.15, 0.2) is 0 Å². The highest BCUT2D eigenvalue weighted by atomic mass is 32.5. The molecule has 0 spiro atoms. The fraction of sp³-hybridized carbons (Fsp3) is 0.571. The van der Waals surface area contributed by atoms with Crippen LogP contribution in [0.1, 0.15) is 12.8 Å². The quantitative estimate of drug-likeness (QED) is 0.150. The van der Waals surface area contributed by atoms with E-state index in [1.54, 1.807) is 0 Å². The molecule has 0 bridgehead atoms. The molecule has 0 aliphatic rings. The Kier molecular flexibility index (Phi) is 7.16. The predicted octanol–water partition coefficient (Wildman–Crippen LogP) is 9.26. The van der Waals surface area contributed by atoms with E-state index in [-0.39, 0.29) is 61.1 Å². The van der Waals surface area contributed by atoms with Crippen molar-refractivity contribution in [1.29, 1.82) is 0 Å². The first kappa shape index (κ1) is 27.9. The summed E-state index contributed by atoms with van der Waals surface area (Å²) in [5.41, 5.74) is 0. The van der Waals surface area contributed by atoms with Crippen LogP contribution in [0.3, 0.4) is 0 Å². The zero-order valence-corrected chi connectivity index (χ0v) is 18.9. The van der Waals surface area contributed by atoms with E-state index in [2.05, 4.69) is 9.47 Å². The largest absolute Gasteiger partial charge is 0.385 e. The summed E-state index contributed by atoms with van der Waals surface area (Å²) in [6, 6.07) is 0.743. The fourth-order valence-corrected chi connectivity index (χ4v) is 8.20. The van der Waals surface area contributed by atoms with Crippen molar-refractivity contribution in [3.05, 3.63) is 12.1 Å². The van der Waals surface area contributed by atoms with Crippen LogP contribution in [0.2, 0.25) is 0 Å². The Morgan fingerprint density at radius 2 is 0.933 bits per heavy atom. The van der Waals surface area contributed by atoms with E-state index in [9.17, 15) is 38.9 Å². The van der Waals surface area contributed by atoms with Gasteiger partial charge in [0, 0.05) is 48.7 Å². The lowest BCUT2D eigenvalue weighted by molar-refractivity contribution is 0.200. The number of methoxy groups -OCH3 is 2. The Balaban J connectivity index is 3.79. The molecule has 0 N–H and O–H groups in total. The smallest absolute Gasteiger partial charge is 0.312 e. The van der Waals surface area contributed by atoms with Crippen molar-refractivity contribution in [2.24, 2.45) is 0 Å². The summed E-state index contributed by atoms with van der Waals surface area (Å²) in [6.07, 6.45) is 0.000372. The van der Waals surface area contributed by atoms with Crippen molar-refractivity contribution in [3.63, 3.8) is 0 Å². The standard InChI is InChI=1S/C14H20F10O2S4/c1-25-7-3-9-27-11-5-6-12(28-10-4-8-26-2)14(30(20,21,22,23)24)13(11)29(15,16,17,18)19/h5-6H,3-4,7-10H2,1-2H3. The second-order valence-electron chi connectivity index (χ2n) is 6.05. The Hall–Kier alpha value is -0.160. The van der Waals surface area contributed by atoms with E-state index < -0.39 is 40.0 Å². The van der Waals surface area contributed by atoms with Crippen LogP contribution in [0.5, 0.6) is 0 Å². The van der Waals surface area contributed by atoms with E-state index in [0.717, 1.165) is 0 Å². The molecule has 1 aromatic carbocycles. The highest BCUT2D eigenvalue weighted by molar-refractivity contribution is 8.48. The third-order valence-electron chi connectivity index (χ3n) is 3.31. The molecule has 182 valence electrons. The minimum atomic E-state index is -11.2. The number of ether oxygens (including phenoxy) is 2. The van der Waals surface area contributed by atoms with E-state index >= 15 is 0 Å². The molecule has 1 rings (SSSR count). The van der Waals surface area contributed by atoms with Crippen LogP contribution in [0.25, 0.3) is 0 Å². The first-order valence-corrected chi connectivity index (χ1v) is 13.9. The summed E-state index contributed by atoms with van der Waals surface area (Å²) in [5.74, 6) is -0.705. The number of benzene rings is 1. The van der Waals surface area contributed by atoms with Crippen LogP contribution < -0.4 is 0 Å². The topological polar surface area (TPSA) is 18.5 Å². The molecule has 1 aromatic rings. The number of halogens is 10. The van der Waals surface area contributed by atoms with Crippen molar-refractivity contribution in [3.8, 4) is 0 Å². The van der Waals surface area contributed by atoms with E-state index in [1.807, 2.05) is 0 Å². The lowest BCUT2D eigenvalue weighted by Gasteiger charge is -2.49. The van der Waals surface area contributed by atoms with Gasteiger partial charge in [-0.25, -0.2) is 0 Å². The van der Waals surface area contributed by atoms with Crippen LogP contribution in [-0.2, 0) is 9.47 Å². The molecule has 0 amide bonds. The summed E-state index contributed by atoms with van der Waals surface area (Å²) < 4.78 is 146. The average molecular weight is 539 g/mol. The van der Waals surface area contributed by atoms with Gasteiger partial charge in [0.25, 0.3) is 0 Å². The molecule has 0 aliphatic carbocycles. The van der Waals surface area contributed by atoms with Crippen LogP contribution in [0, 0.1) is 0 Å². The van der Waals surface area contributed by atoms with Gasteiger partial charge >= 0.3 is 20.4 Å². The SMILES string of the molecule is COCCCSc1ccc(SCCCOC)c(S(F)(F)(F)(F)F)c1S(F)(F)(F)(F)F. The second-order valence-corrected chi connectivity index (χ2v) is 13.0. The molecule has 0 unspecified atom stereocenters. The summed E-state index contributed by atoms with van der Waals surface area (Å²) in [4.78, 5) is -10.4. The lowest BCUT2D eigenvalue weighted by Crippen LogP contribution is -2.18. The van der Waals surface area contributed by atoms with E-state index in [0.29, 0.717) is 12.1 Å². The minimum absolute atomic E-state index is 0.000186. The molecular weight excluding hydrogens is 518 g/mol. The monoisotopic (exact) mass is 538 g/mol. The van der Waals surface area contributed by atoms with Crippen molar-refractivity contribution in [2.75, 3.05) is 38.9 Å². The number of hydrogen-bond acceptors (Lipinski definition) is 4. The number of hydrogen-bond donors (Lipinski definition) is 0. The Morgan fingerprint density at radius 3 is 1.17 bits per heavy atom. The zero-order valence-electron chi connectivity index (χ0n) is 15.6. The van der Waals surface area contributed by atoms with Crippen LogP contribution in [-0.4, -0.2) is 38.9 Å². The molecule has 16 heteroatoms. The zero-order chi connectivity index (χ0) is 23.6. The summed E-state index contributed by atoms with van der Waals surface area (Å²) >= 11 is -0.0298. The van der Waals surface area contributed by atoms with Crippen molar-refractivity contribution in [2.45, 2.75) is 32.4 Å². The first-order valence-electron chi connectivity index (χ1n) is 7.99. The first-order chi connectivity index (χ1) is 13.1. The molecule has 0 heterocycles. The summed E-state index contributed by atoms with van der Waals surface area (Å²) in [6.45, 7) is -0.0266. The van der Waals surface area contributed by atoms with E-state index in [4.69, 9.17) is 0 Å². The highest BCUT2D eigenvalue weighted by Crippen LogP contribution is 3.10. The Bertz CT molecular complexity index is 699. The summed E-state index contributed by atoms with van der Waals surface area (Å²) in [5, 5.41) is 0. The van der Waals surface area contributed by atoms with Crippen LogP contribution >= 0.6 is 44.0 Å². The van der Waals surface area contributed by atoms with Gasteiger partial charge in [-0.3, -0.25) is 0 Å². The molecule has 0 saturated heterocycles. The minimum Gasteiger partial charge on any atom is -0.385 e. The molecule has 2 nitrogen and oxygen atoms in total. The maximum Gasteiger partial charge on any atom is 0.312 e. The van der Waals surface area contributed by atoms with Gasteiger partial charge in [0.2, 0.25) is 0 Å². The van der Waals surface area contributed by atoms with Gasteiger partial charge in [-0.05, 0) is 25.0 Å². The van der Waals surface area contributed by atoms with Crippen molar-refractivity contribution >= 4 is 44.0 Å². The van der Waals surface area contributed by atoms with Gasteiger partial charge in [-0.2, -0.15) is 0 Å². The molecule has 0 saturated carbocycles. The molecule has 0 atom stereocenters. The van der Waals surface area contributed by atoms with Gasteiger partial charge in [0.1, 0.15) is 9.79 Å². The van der Waals surface area contributed by atoms with Gasteiger partial charge in [-0.1, -0.05) is 38.9 Å². The predicted molar refractivity (Wildman–Crippen MR) is 104 cm³/mol. The Labute approximate surface area is 175 Å². The van der Waals surface area contributed by atoms with Gasteiger partial charge in [-0.15, -0.1) is 23.5 Å². The number of rotatable bonds is 12. The van der Waals surface area contributed by atoms with Crippen molar-refractivity contribution < 1.29 is 48.3 Å². The van der Waals surface area contributed by atoms with Gasteiger partial charge in [0.05, 0.1) is 0 Å². The summed E-state index contributed by atoms with van der Waals surface area (Å²) in [7, 11) is -19.9. The van der Waals surface area contributed by atoms with Crippen LogP contribution in [0.4, 0.5) is 38.9 Å². The molecule has 0 aromatic heterocycles. The molecule has 0 aliphatic heterocycles. The molecule has 0 radical (unpaired) electrons. The van der Waals surface area contributed by atoms with E-state index in [1.165, 1.54) is 14.2 Å². The van der Waals surface area contributed by atoms with Crippen LogP contribution in [0.15, 0.2) is 31.7 Å². The van der Waals surface area contributed by atoms with Gasteiger partial charge < -0.3 is 9.47 Å². The Morgan fingerprint density at radius 1 is 0.633 bits per heavy atom.